The lowest BCUT2D eigenvalue weighted by Gasteiger charge is -2.09. The second-order valence-corrected chi connectivity index (χ2v) is 16.8. The molecule has 36 heavy (non-hydrogen) atoms. The molecule has 0 unspecified atom stereocenters. The van der Waals surface area contributed by atoms with E-state index in [-0.39, 0.29) is 0 Å². The third-order valence-electron chi connectivity index (χ3n) is 4.17. The van der Waals surface area contributed by atoms with E-state index in [1.807, 2.05) is 70.6 Å². The first-order valence-corrected chi connectivity index (χ1v) is 18.5. The zero-order valence-electron chi connectivity index (χ0n) is 19.7. The molecule has 0 aromatic heterocycles. The monoisotopic (exact) mass is 640 g/mol. The van der Waals surface area contributed by atoms with Gasteiger partial charge < -0.3 is 18.9 Å². The molecule has 0 saturated carbocycles. The second-order valence-electron chi connectivity index (χ2n) is 6.79. The number of nitrogens with zero attached hydrogens (tertiary/aromatic N) is 2. The fraction of sp³-hybridized carbons (Fsp3) is 0.636. The molecule has 3 aliphatic rings. The molecule has 14 heteroatoms. The summed E-state index contributed by atoms with van der Waals surface area (Å²) in [6.07, 6.45) is 1.08. The van der Waals surface area contributed by atoms with Gasteiger partial charge in [-0.3, -0.25) is 0 Å². The largest absolute Gasteiger partial charge is 0.378 e. The Morgan fingerprint density at radius 3 is 1.36 bits per heavy atom. The first-order chi connectivity index (χ1) is 17.8. The molecule has 0 amide bonds. The van der Waals surface area contributed by atoms with E-state index in [0.717, 1.165) is 23.0 Å². The highest BCUT2D eigenvalue weighted by atomic mass is 32.3. The van der Waals surface area contributed by atoms with Crippen molar-refractivity contribution in [2.75, 3.05) is 75.9 Å². The minimum absolute atomic E-state index is 0.538. The molecule has 198 valence electrons. The van der Waals surface area contributed by atoms with Crippen molar-refractivity contribution in [3.63, 3.8) is 0 Å². The first-order valence-electron chi connectivity index (χ1n) is 11.3. The zero-order chi connectivity index (χ0) is 25.3. The number of thioether (sulfide) groups is 8. The molecule has 0 aromatic carbocycles. The highest BCUT2D eigenvalue weighted by molar-refractivity contribution is 8.45. The van der Waals surface area contributed by atoms with E-state index in [2.05, 4.69) is 12.1 Å². The summed E-state index contributed by atoms with van der Waals surface area (Å²) in [5.74, 6) is 3.39. The van der Waals surface area contributed by atoms with Crippen LogP contribution in [-0.4, -0.2) is 75.9 Å². The topological polar surface area (TPSA) is 84.5 Å². The van der Waals surface area contributed by atoms with E-state index >= 15 is 0 Å². The lowest BCUT2D eigenvalue weighted by molar-refractivity contribution is 0.00147. The second kappa shape index (κ2) is 19.8. The Labute approximate surface area is 248 Å². The quantitative estimate of drug-likeness (QED) is 0.275. The van der Waals surface area contributed by atoms with Crippen LogP contribution in [0.25, 0.3) is 0 Å². The molecule has 3 rings (SSSR count). The fourth-order valence-electron chi connectivity index (χ4n) is 2.59. The normalized spacial score (nSPS) is 21.6. The maximum absolute atomic E-state index is 8.94. The number of ether oxygens (including phenoxy) is 4. The smallest absolute Gasteiger partial charge is 0.0717 e. The molecule has 0 N–H and O–H groups in total. The van der Waals surface area contributed by atoms with Gasteiger partial charge in [0, 0.05) is 35.9 Å². The van der Waals surface area contributed by atoms with Crippen LogP contribution in [0.3, 0.4) is 0 Å². The van der Waals surface area contributed by atoms with E-state index in [1.165, 1.54) is 25.4 Å². The average molecular weight is 641 g/mol. The van der Waals surface area contributed by atoms with Gasteiger partial charge in [0.1, 0.15) is 0 Å². The third kappa shape index (κ3) is 11.9. The van der Waals surface area contributed by atoms with Crippen LogP contribution in [0, 0.1) is 22.7 Å². The lowest BCUT2D eigenvalue weighted by atomic mass is 10.6. The van der Waals surface area contributed by atoms with Crippen LogP contribution in [0.5, 0.6) is 0 Å². The summed E-state index contributed by atoms with van der Waals surface area (Å²) in [4.78, 5) is 0. The van der Waals surface area contributed by atoms with Crippen molar-refractivity contribution in [1.82, 2.24) is 0 Å². The third-order valence-corrected chi connectivity index (χ3v) is 15.7. The van der Waals surface area contributed by atoms with Gasteiger partial charge in [-0.15, -0.1) is 47.0 Å². The van der Waals surface area contributed by atoms with Crippen LogP contribution in [0.4, 0.5) is 0 Å². The van der Waals surface area contributed by atoms with Gasteiger partial charge in [0.15, 0.2) is 0 Å². The summed E-state index contributed by atoms with van der Waals surface area (Å²) in [6, 6.07) is 4.47. The van der Waals surface area contributed by atoms with Gasteiger partial charge in [-0.2, -0.15) is 10.5 Å². The molecule has 6 nitrogen and oxygen atoms in total. The lowest BCUT2D eigenvalue weighted by Crippen LogP contribution is -2.13. The highest BCUT2D eigenvalue weighted by Crippen LogP contribution is 2.66. The van der Waals surface area contributed by atoms with E-state index in [9.17, 15) is 0 Å². The SMILES string of the molecule is N#CCCSC1=C(SCCC#N)SC(=C2SC3=C(SCCOCCOCCOCCOCCS3)S2)S1. The van der Waals surface area contributed by atoms with Gasteiger partial charge in [0.2, 0.25) is 0 Å². The van der Waals surface area contributed by atoms with Gasteiger partial charge in [-0.1, -0.05) is 47.0 Å². The number of nitriles is 2. The van der Waals surface area contributed by atoms with Crippen molar-refractivity contribution in [2.24, 2.45) is 0 Å². The molecule has 3 heterocycles. The summed E-state index contributed by atoms with van der Waals surface area (Å²) >= 11 is 14.6. The van der Waals surface area contributed by atoms with Crippen LogP contribution < -0.4 is 0 Å². The Kier molecular flexibility index (Phi) is 17.3. The van der Waals surface area contributed by atoms with Crippen molar-refractivity contribution in [3.8, 4) is 12.1 Å². The summed E-state index contributed by atoms with van der Waals surface area (Å²) < 4.78 is 30.4. The van der Waals surface area contributed by atoms with E-state index in [0.29, 0.717) is 65.7 Å². The Hall–Kier alpha value is 0.840. The predicted molar refractivity (Wildman–Crippen MR) is 165 cm³/mol. The van der Waals surface area contributed by atoms with Crippen LogP contribution >= 0.6 is 94.1 Å². The van der Waals surface area contributed by atoms with Crippen LogP contribution in [-0.2, 0) is 18.9 Å². The Balaban J connectivity index is 1.61. The van der Waals surface area contributed by atoms with Crippen molar-refractivity contribution in [1.29, 1.82) is 10.5 Å². The highest BCUT2D eigenvalue weighted by Gasteiger charge is 2.30. The van der Waals surface area contributed by atoms with Crippen molar-refractivity contribution < 1.29 is 18.9 Å². The van der Waals surface area contributed by atoms with Crippen molar-refractivity contribution in [2.45, 2.75) is 12.8 Å². The maximum Gasteiger partial charge on any atom is 0.0717 e. The van der Waals surface area contributed by atoms with Crippen LogP contribution in [0.1, 0.15) is 12.8 Å². The molecular weight excluding hydrogens is 613 g/mol. The summed E-state index contributed by atoms with van der Waals surface area (Å²) in [5.41, 5.74) is 0. The van der Waals surface area contributed by atoms with Gasteiger partial charge >= 0.3 is 0 Å². The van der Waals surface area contributed by atoms with Crippen molar-refractivity contribution >= 4 is 94.1 Å². The molecule has 0 aliphatic carbocycles. The van der Waals surface area contributed by atoms with Gasteiger partial charge in [-0.25, -0.2) is 0 Å². The molecule has 0 saturated heterocycles. The standard InChI is InChI=1S/C22H28N2O4S8/c23-3-1-13-29-17-18(30-14-2-4-24)34-21(33-17)22-35-19-20(36-22)32-16-12-28-10-8-26-6-5-25-7-9-27-11-15-31-19/h1-2,5-16H2. The number of hydrogen-bond acceptors (Lipinski definition) is 14. The van der Waals surface area contributed by atoms with Crippen LogP contribution in [0.15, 0.2) is 25.4 Å². The van der Waals surface area contributed by atoms with E-state index in [1.54, 1.807) is 23.5 Å². The Morgan fingerprint density at radius 2 is 0.944 bits per heavy atom. The van der Waals surface area contributed by atoms with E-state index in [4.69, 9.17) is 29.5 Å². The first kappa shape index (κ1) is 31.4. The maximum atomic E-state index is 8.94. The predicted octanol–water partition coefficient (Wildman–Crippen LogP) is 7.17. The molecule has 0 fully saturated rings. The zero-order valence-corrected chi connectivity index (χ0v) is 26.2. The fourth-order valence-corrected chi connectivity index (χ4v) is 14.3. The molecule has 0 bridgehead atoms. The van der Waals surface area contributed by atoms with Crippen molar-refractivity contribution in [3.05, 3.63) is 25.4 Å². The minimum Gasteiger partial charge on any atom is -0.378 e. The molecule has 0 radical (unpaired) electrons. The molecule has 0 aromatic rings. The summed E-state index contributed by atoms with van der Waals surface area (Å²) in [5, 5.41) is 17.9. The minimum atomic E-state index is 0.538. The van der Waals surface area contributed by atoms with Gasteiger partial charge in [0.25, 0.3) is 0 Å². The van der Waals surface area contributed by atoms with Gasteiger partial charge in [-0.05, 0) is 0 Å². The Morgan fingerprint density at radius 1 is 0.556 bits per heavy atom. The summed E-state index contributed by atoms with van der Waals surface area (Å²) in [7, 11) is 0. The average Bonchev–Trinajstić information content (AvgIpc) is 3.47. The van der Waals surface area contributed by atoms with Crippen LogP contribution in [0.2, 0.25) is 0 Å². The summed E-state index contributed by atoms with van der Waals surface area (Å²) in [6.45, 7) is 4.90. The van der Waals surface area contributed by atoms with E-state index < -0.39 is 0 Å². The molecular formula is C22H28N2O4S8. The molecule has 0 atom stereocenters. The van der Waals surface area contributed by atoms with Gasteiger partial charge in [0.05, 0.1) is 90.4 Å². The number of rotatable bonds is 6. The molecule has 3 aliphatic heterocycles. The molecule has 0 spiro atoms. The number of hydrogen-bond donors (Lipinski definition) is 0. The Bertz CT molecular complexity index is 818.